The van der Waals surface area contributed by atoms with Crippen molar-refractivity contribution in [1.29, 1.82) is 0 Å². The summed E-state index contributed by atoms with van der Waals surface area (Å²) in [5.41, 5.74) is 17.3. The minimum Gasteiger partial charge on any atom is -0.453 e. The Kier molecular flexibility index (Phi) is 6.65. The Hall–Kier alpha value is -4.79. The van der Waals surface area contributed by atoms with Crippen LogP contribution in [-0.2, 0) is 9.53 Å². The van der Waals surface area contributed by atoms with Gasteiger partial charge in [0.1, 0.15) is 11.9 Å². The summed E-state index contributed by atoms with van der Waals surface area (Å²) in [6.45, 7) is 4.43. The first kappa shape index (κ1) is 26.4. The number of methoxy groups -OCH3 is 1. The zero-order valence-corrected chi connectivity index (χ0v) is 23.4. The molecule has 2 heterocycles. The molecule has 5 aromatic rings. The van der Waals surface area contributed by atoms with E-state index in [4.69, 9.17) is 21.2 Å². The average Bonchev–Trinajstić information content (AvgIpc) is 3.64. The van der Waals surface area contributed by atoms with E-state index in [1.54, 1.807) is 0 Å². The van der Waals surface area contributed by atoms with Gasteiger partial charge in [0.15, 0.2) is 0 Å². The number of nitrogen functional groups attached to an aromatic ring is 2. The molecule has 2 amide bonds. The van der Waals surface area contributed by atoms with Gasteiger partial charge >= 0.3 is 6.09 Å². The Bertz CT molecular complexity index is 1810. The molecule has 41 heavy (non-hydrogen) atoms. The second kappa shape index (κ2) is 10.3. The molecule has 4 aromatic carbocycles. The van der Waals surface area contributed by atoms with E-state index in [9.17, 15) is 9.59 Å². The molecular weight excluding hydrogens is 516 g/mol. The van der Waals surface area contributed by atoms with Crippen LogP contribution in [0.2, 0.25) is 0 Å². The number of likely N-dealkylation sites (tertiary alicyclic amines) is 1. The smallest absolute Gasteiger partial charge is 0.407 e. The number of nitrogens with two attached hydrogens (primary N) is 2. The van der Waals surface area contributed by atoms with Gasteiger partial charge in [-0.15, -0.1) is 0 Å². The van der Waals surface area contributed by atoms with Crippen LogP contribution in [0.3, 0.4) is 0 Å². The lowest BCUT2D eigenvalue weighted by molar-refractivity contribution is -0.135. The first-order valence-electron chi connectivity index (χ1n) is 13.9. The number of aromatic amines is 1. The fourth-order valence-corrected chi connectivity index (χ4v) is 5.91. The first-order valence-corrected chi connectivity index (χ1v) is 13.9. The summed E-state index contributed by atoms with van der Waals surface area (Å²) in [7, 11) is 1.30. The van der Waals surface area contributed by atoms with Crippen LogP contribution in [0.1, 0.15) is 38.6 Å². The van der Waals surface area contributed by atoms with Gasteiger partial charge < -0.3 is 31.4 Å². The van der Waals surface area contributed by atoms with E-state index in [1.807, 2.05) is 43.0 Å². The summed E-state index contributed by atoms with van der Waals surface area (Å²) in [4.78, 5) is 35.7. The first-order chi connectivity index (χ1) is 19.7. The number of nitrogens with one attached hydrogen (secondary N) is 2. The van der Waals surface area contributed by atoms with Crippen molar-refractivity contribution in [2.45, 2.75) is 38.8 Å². The summed E-state index contributed by atoms with van der Waals surface area (Å²) in [5, 5.41) is 6.84. The van der Waals surface area contributed by atoms with Gasteiger partial charge in [0.05, 0.1) is 35.6 Å². The molecule has 0 radical (unpaired) electrons. The fourth-order valence-electron chi connectivity index (χ4n) is 5.91. The monoisotopic (exact) mass is 550 g/mol. The normalized spacial score (nSPS) is 16.1. The van der Waals surface area contributed by atoms with E-state index in [2.05, 4.69) is 46.7 Å². The van der Waals surface area contributed by atoms with Crippen LogP contribution < -0.4 is 16.8 Å². The number of H-pyrrole nitrogens is 1. The molecule has 9 nitrogen and oxygen atoms in total. The number of amides is 2. The van der Waals surface area contributed by atoms with Crippen LogP contribution >= 0.6 is 0 Å². The topological polar surface area (TPSA) is 139 Å². The Morgan fingerprint density at radius 1 is 1.00 bits per heavy atom. The summed E-state index contributed by atoms with van der Waals surface area (Å²) < 4.78 is 4.75. The highest BCUT2D eigenvalue weighted by atomic mass is 16.5. The molecule has 0 bridgehead atoms. The van der Waals surface area contributed by atoms with Crippen molar-refractivity contribution >= 4 is 56.0 Å². The predicted octanol–water partition coefficient (Wildman–Crippen LogP) is 5.74. The third-order valence-corrected chi connectivity index (χ3v) is 8.16. The maximum Gasteiger partial charge on any atom is 0.407 e. The maximum absolute atomic E-state index is 13.5. The molecule has 6 N–H and O–H groups in total. The molecule has 9 heteroatoms. The Morgan fingerprint density at radius 3 is 2.39 bits per heavy atom. The van der Waals surface area contributed by atoms with E-state index in [0.717, 1.165) is 62.4 Å². The van der Waals surface area contributed by atoms with Crippen LogP contribution in [0, 0.1) is 5.92 Å². The summed E-state index contributed by atoms with van der Waals surface area (Å²) in [5.74, 6) is 0.548. The molecule has 210 valence electrons. The average molecular weight is 551 g/mol. The van der Waals surface area contributed by atoms with Crippen molar-refractivity contribution in [2.75, 3.05) is 25.1 Å². The van der Waals surface area contributed by atoms with Crippen molar-refractivity contribution in [3.8, 4) is 11.1 Å². The van der Waals surface area contributed by atoms with Crippen LogP contribution in [0.25, 0.3) is 43.7 Å². The molecule has 0 saturated carbocycles. The van der Waals surface area contributed by atoms with Crippen LogP contribution in [0.5, 0.6) is 0 Å². The number of benzene rings is 4. The number of anilines is 2. The minimum atomic E-state index is -0.671. The van der Waals surface area contributed by atoms with Gasteiger partial charge in [-0.2, -0.15) is 0 Å². The Balaban J connectivity index is 1.32. The molecular formula is C32H34N6O3. The summed E-state index contributed by atoms with van der Waals surface area (Å²) in [6.07, 6.45) is 1.05. The van der Waals surface area contributed by atoms with Gasteiger partial charge in [-0.3, -0.25) is 4.79 Å². The zero-order chi connectivity index (χ0) is 28.8. The van der Waals surface area contributed by atoms with Crippen LogP contribution in [0.15, 0.2) is 60.7 Å². The molecule has 0 aliphatic carbocycles. The highest BCUT2D eigenvalue weighted by molar-refractivity contribution is 6.06. The van der Waals surface area contributed by atoms with Gasteiger partial charge in [0.2, 0.25) is 5.91 Å². The molecule has 1 fully saturated rings. The Morgan fingerprint density at radius 2 is 1.68 bits per heavy atom. The van der Waals surface area contributed by atoms with E-state index >= 15 is 0 Å². The zero-order valence-electron chi connectivity index (χ0n) is 23.4. The highest BCUT2D eigenvalue weighted by Gasteiger charge is 2.37. The number of ether oxygens (including phenoxy) is 1. The molecule has 2 atom stereocenters. The van der Waals surface area contributed by atoms with E-state index in [-0.39, 0.29) is 17.9 Å². The van der Waals surface area contributed by atoms with Crippen LogP contribution in [0.4, 0.5) is 16.2 Å². The lowest BCUT2D eigenvalue weighted by Gasteiger charge is -2.29. The SMILES string of the molecule is COC(=O)NC(C(=O)N1CCC[C@H]1c1nc2ccc3cc(-c4ccc5c(N)c(N)ccc5c4)ccc3c2[nH]1)C(C)C. The molecule has 1 aliphatic heterocycles. The second-order valence-corrected chi connectivity index (χ2v) is 11.1. The predicted molar refractivity (Wildman–Crippen MR) is 163 cm³/mol. The van der Waals surface area contributed by atoms with Gasteiger partial charge in [-0.25, -0.2) is 9.78 Å². The summed E-state index contributed by atoms with van der Waals surface area (Å²) >= 11 is 0. The molecule has 1 unspecified atom stereocenters. The number of imidazole rings is 1. The lowest BCUT2D eigenvalue weighted by atomic mass is 9.97. The number of hydrogen-bond donors (Lipinski definition) is 4. The van der Waals surface area contributed by atoms with Crippen molar-refractivity contribution < 1.29 is 14.3 Å². The maximum atomic E-state index is 13.5. The van der Waals surface area contributed by atoms with Crippen molar-refractivity contribution in [1.82, 2.24) is 20.2 Å². The van der Waals surface area contributed by atoms with Gasteiger partial charge in [0.25, 0.3) is 0 Å². The number of fused-ring (bicyclic) bond motifs is 4. The third kappa shape index (κ3) is 4.67. The van der Waals surface area contributed by atoms with Crippen molar-refractivity contribution in [3.63, 3.8) is 0 Å². The largest absolute Gasteiger partial charge is 0.453 e. The Labute approximate surface area is 237 Å². The molecule has 1 aliphatic rings. The standard InChI is InChI=1S/C32H34N6O3/c1-17(2)28(37-32(40)41-3)31(39)38-14-4-5-26(38)30-35-25-13-9-21-16-19(7-11-23(21)29(25)36-30)18-6-10-22-20(15-18)8-12-24(33)27(22)34/h6-13,15-17,26,28H,4-5,14,33-34H2,1-3H3,(H,35,36)(H,37,40)/t26-,28?/m0/s1. The molecule has 6 rings (SSSR count). The highest BCUT2D eigenvalue weighted by Crippen LogP contribution is 2.36. The van der Waals surface area contributed by atoms with Gasteiger partial charge in [0, 0.05) is 17.3 Å². The molecule has 1 saturated heterocycles. The van der Waals surface area contributed by atoms with Gasteiger partial charge in [-0.1, -0.05) is 50.2 Å². The third-order valence-electron chi connectivity index (χ3n) is 8.16. The van der Waals surface area contributed by atoms with E-state index in [0.29, 0.717) is 17.9 Å². The summed E-state index contributed by atoms with van der Waals surface area (Å²) in [6, 6.07) is 19.7. The quantitative estimate of drug-likeness (QED) is 0.206. The lowest BCUT2D eigenvalue weighted by Crippen LogP contribution is -2.51. The van der Waals surface area contributed by atoms with Crippen molar-refractivity contribution in [2.24, 2.45) is 5.92 Å². The second-order valence-electron chi connectivity index (χ2n) is 11.1. The minimum absolute atomic E-state index is 0.0882. The number of aromatic nitrogens is 2. The number of alkyl carbamates (subject to hydrolysis) is 1. The van der Waals surface area contributed by atoms with E-state index < -0.39 is 12.1 Å². The molecule has 0 spiro atoms. The van der Waals surface area contributed by atoms with Crippen molar-refractivity contribution in [3.05, 3.63) is 66.5 Å². The number of nitrogens with zero attached hydrogens (tertiary/aromatic N) is 2. The number of carbonyl (C=O) groups is 2. The number of rotatable bonds is 5. The fraction of sp³-hybridized carbons (Fsp3) is 0.281. The van der Waals surface area contributed by atoms with Crippen LogP contribution in [-0.4, -0.2) is 46.6 Å². The number of hydrogen-bond acceptors (Lipinski definition) is 6. The van der Waals surface area contributed by atoms with E-state index in [1.165, 1.54) is 7.11 Å². The molecule has 1 aromatic heterocycles. The number of carbonyl (C=O) groups excluding carboxylic acids is 2. The van der Waals surface area contributed by atoms with Gasteiger partial charge in [-0.05, 0) is 64.9 Å².